The van der Waals surface area contributed by atoms with Gasteiger partial charge in [-0.05, 0) is 81.1 Å². The minimum Gasteiger partial charge on any atom is -0.497 e. The summed E-state index contributed by atoms with van der Waals surface area (Å²) in [5, 5.41) is 0. The van der Waals surface area contributed by atoms with Gasteiger partial charge in [-0.3, -0.25) is 9.69 Å². The first kappa shape index (κ1) is 23.3. The molecule has 178 valence electrons. The number of hydrogen-bond acceptors (Lipinski definition) is 9. The van der Waals surface area contributed by atoms with Crippen molar-refractivity contribution in [3.63, 3.8) is 0 Å². The molecule has 2 aliphatic rings. The molecule has 1 aliphatic heterocycles. The highest BCUT2D eigenvalue weighted by molar-refractivity contribution is 6.06. The Labute approximate surface area is 198 Å². The Bertz CT molecular complexity index is 1120. The number of guanidine groups is 2. The molecule has 9 heteroatoms. The number of ether oxygens (including phenoxy) is 2. The van der Waals surface area contributed by atoms with E-state index in [1.54, 1.807) is 62.6 Å². The van der Waals surface area contributed by atoms with Crippen LogP contribution in [0.15, 0.2) is 58.5 Å². The fraction of sp³-hybridized carbons (Fsp3) is 0.360. The first-order chi connectivity index (χ1) is 16.3. The summed E-state index contributed by atoms with van der Waals surface area (Å²) in [7, 11) is 1.55. The second-order valence-electron chi connectivity index (χ2n) is 8.51. The molecule has 2 aromatic rings. The third kappa shape index (κ3) is 4.59. The van der Waals surface area contributed by atoms with E-state index >= 15 is 0 Å². The number of nitrogens with zero attached hydrogens (tertiary/aromatic N) is 3. The van der Waals surface area contributed by atoms with Gasteiger partial charge in [0.25, 0.3) is 0 Å². The molecule has 4 N–H and O–H groups in total. The number of nitrogens with two attached hydrogens (primary N) is 2. The molecule has 0 amide bonds. The maximum absolute atomic E-state index is 12.7. The number of esters is 1. The van der Waals surface area contributed by atoms with Crippen LogP contribution in [0.3, 0.4) is 0 Å². The molecular weight excluding hydrogens is 434 g/mol. The van der Waals surface area contributed by atoms with Crippen molar-refractivity contribution in [2.75, 3.05) is 12.0 Å². The van der Waals surface area contributed by atoms with Gasteiger partial charge in [0.05, 0.1) is 12.7 Å². The van der Waals surface area contributed by atoms with E-state index in [2.05, 4.69) is 9.98 Å². The number of Topliss-reactive ketones (excluding diaryl/α,β-unsaturated/α-hetero) is 1. The average Bonchev–Trinajstić information content (AvgIpc) is 2.84. The van der Waals surface area contributed by atoms with Crippen LogP contribution in [0.5, 0.6) is 5.75 Å². The van der Waals surface area contributed by atoms with E-state index < -0.39 is 17.7 Å². The van der Waals surface area contributed by atoms with Crippen molar-refractivity contribution < 1.29 is 19.1 Å². The van der Waals surface area contributed by atoms with E-state index in [-0.39, 0.29) is 17.7 Å². The van der Waals surface area contributed by atoms with E-state index in [0.717, 1.165) is 37.8 Å². The summed E-state index contributed by atoms with van der Waals surface area (Å²) in [6.45, 7) is 1.55. The van der Waals surface area contributed by atoms with Crippen LogP contribution >= 0.6 is 0 Å². The van der Waals surface area contributed by atoms with Crippen molar-refractivity contribution in [3.05, 3.63) is 59.7 Å². The topological polar surface area (TPSA) is 133 Å². The largest absolute Gasteiger partial charge is 0.497 e. The molecule has 1 spiro atoms. The molecule has 0 saturated heterocycles. The second kappa shape index (κ2) is 9.54. The molecule has 0 bridgehead atoms. The molecule has 1 fully saturated rings. The van der Waals surface area contributed by atoms with Gasteiger partial charge in [-0.15, -0.1) is 0 Å². The van der Waals surface area contributed by atoms with Crippen LogP contribution in [0.2, 0.25) is 0 Å². The Hall–Kier alpha value is -3.88. The fourth-order valence-corrected chi connectivity index (χ4v) is 4.51. The highest BCUT2D eigenvalue weighted by Crippen LogP contribution is 2.39. The zero-order valence-corrected chi connectivity index (χ0v) is 19.4. The zero-order chi connectivity index (χ0) is 24.3. The Kier molecular flexibility index (Phi) is 6.54. The number of carbonyl (C=O) groups is 2. The maximum atomic E-state index is 12.7. The quantitative estimate of drug-likeness (QED) is 0.496. The number of methoxy groups -OCH3 is 1. The lowest BCUT2D eigenvalue weighted by atomic mass is 9.87. The number of benzene rings is 2. The Balaban J connectivity index is 1.48. The molecular formula is C25H29N5O4. The standard InChI is InChI=1S/C25H29N5O4/c1-16(21(31)17-8-12-20(33-2)13-9-17)34-22(32)18-6-10-19(11-7-18)30-24(27)28-23(26)29-25(30)14-4-3-5-15-25/h6-13,16H,3-5,14-15H2,1-2H3,(H4,26,27,28,29). The molecule has 0 aromatic heterocycles. The van der Waals surface area contributed by atoms with Crippen LogP contribution in [0, 0.1) is 0 Å². The molecule has 0 radical (unpaired) electrons. The van der Waals surface area contributed by atoms with Gasteiger partial charge in [-0.2, -0.15) is 4.99 Å². The minimum atomic E-state index is -0.937. The summed E-state index contributed by atoms with van der Waals surface area (Å²) in [4.78, 5) is 36.0. The lowest BCUT2D eigenvalue weighted by Gasteiger charge is -2.45. The molecule has 4 rings (SSSR count). The first-order valence-corrected chi connectivity index (χ1v) is 11.3. The van der Waals surface area contributed by atoms with Crippen molar-refractivity contribution in [2.24, 2.45) is 21.5 Å². The van der Waals surface area contributed by atoms with Crippen LogP contribution < -0.4 is 21.1 Å². The smallest absolute Gasteiger partial charge is 0.338 e. The van der Waals surface area contributed by atoms with Crippen molar-refractivity contribution in [1.82, 2.24) is 0 Å². The van der Waals surface area contributed by atoms with Crippen LogP contribution in [0.4, 0.5) is 5.69 Å². The van der Waals surface area contributed by atoms with Gasteiger partial charge in [0.15, 0.2) is 6.10 Å². The third-order valence-electron chi connectivity index (χ3n) is 6.24. The van der Waals surface area contributed by atoms with E-state index in [1.165, 1.54) is 0 Å². The first-order valence-electron chi connectivity index (χ1n) is 11.3. The monoisotopic (exact) mass is 463 g/mol. The highest BCUT2D eigenvalue weighted by Gasteiger charge is 2.42. The van der Waals surface area contributed by atoms with Crippen molar-refractivity contribution >= 4 is 29.4 Å². The summed E-state index contributed by atoms with van der Waals surface area (Å²) in [5.74, 6) is 0.231. The van der Waals surface area contributed by atoms with Crippen LogP contribution in [0.25, 0.3) is 0 Å². The number of carbonyl (C=O) groups excluding carboxylic acids is 2. The van der Waals surface area contributed by atoms with E-state index in [4.69, 9.17) is 20.9 Å². The van der Waals surface area contributed by atoms with E-state index in [1.807, 2.05) is 4.90 Å². The summed E-state index contributed by atoms with van der Waals surface area (Å²) in [6, 6.07) is 13.5. The molecule has 1 aliphatic carbocycles. The normalized spacial score (nSPS) is 18.0. The predicted octanol–water partition coefficient (Wildman–Crippen LogP) is 3.23. The summed E-state index contributed by atoms with van der Waals surface area (Å²) in [6.07, 6.45) is 3.88. The lowest BCUT2D eigenvalue weighted by Crippen LogP contribution is -2.58. The molecule has 34 heavy (non-hydrogen) atoms. The van der Waals surface area contributed by atoms with Gasteiger partial charge in [0.1, 0.15) is 11.4 Å². The minimum absolute atomic E-state index is 0.186. The van der Waals surface area contributed by atoms with Crippen molar-refractivity contribution in [1.29, 1.82) is 0 Å². The van der Waals surface area contributed by atoms with Gasteiger partial charge in [0.2, 0.25) is 17.7 Å². The maximum Gasteiger partial charge on any atom is 0.338 e. The SMILES string of the molecule is COc1ccc(C(=O)C(C)OC(=O)c2ccc(N3C(N)=NC(N)=NC34CCCCC4)cc2)cc1. The molecule has 1 atom stereocenters. The van der Waals surface area contributed by atoms with Crippen LogP contribution in [-0.4, -0.2) is 42.5 Å². The highest BCUT2D eigenvalue weighted by atomic mass is 16.5. The molecule has 9 nitrogen and oxygen atoms in total. The van der Waals surface area contributed by atoms with Gasteiger partial charge >= 0.3 is 5.97 Å². The summed E-state index contributed by atoms with van der Waals surface area (Å²) >= 11 is 0. The summed E-state index contributed by atoms with van der Waals surface area (Å²) < 4.78 is 10.5. The fourth-order valence-electron chi connectivity index (χ4n) is 4.51. The van der Waals surface area contributed by atoms with Gasteiger partial charge < -0.3 is 20.9 Å². The number of anilines is 1. The van der Waals surface area contributed by atoms with Crippen molar-refractivity contribution in [2.45, 2.75) is 50.8 Å². The predicted molar refractivity (Wildman–Crippen MR) is 130 cm³/mol. The average molecular weight is 464 g/mol. The number of aliphatic imine (C=N–C) groups is 2. The molecule has 1 heterocycles. The Morgan fingerprint density at radius 3 is 2.21 bits per heavy atom. The number of hydrogen-bond donors (Lipinski definition) is 2. The van der Waals surface area contributed by atoms with E-state index in [9.17, 15) is 9.59 Å². The van der Waals surface area contributed by atoms with E-state index in [0.29, 0.717) is 16.9 Å². The third-order valence-corrected chi connectivity index (χ3v) is 6.24. The van der Waals surface area contributed by atoms with Gasteiger partial charge in [-0.1, -0.05) is 6.42 Å². The Morgan fingerprint density at radius 2 is 1.59 bits per heavy atom. The zero-order valence-electron chi connectivity index (χ0n) is 19.4. The van der Waals surface area contributed by atoms with Gasteiger partial charge in [0, 0.05) is 11.3 Å². The Morgan fingerprint density at radius 1 is 0.971 bits per heavy atom. The van der Waals surface area contributed by atoms with Crippen molar-refractivity contribution in [3.8, 4) is 5.75 Å². The second-order valence-corrected chi connectivity index (χ2v) is 8.51. The molecule has 1 unspecified atom stereocenters. The molecule has 2 aromatic carbocycles. The van der Waals surface area contributed by atoms with Gasteiger partial charge in [-0.25, -0.2) is 9.79 Å². The number of ketones is 1. The number of rotatable bonds is 6. The summed E-state index contributed by atoms with van der Waals surface area (Å²) in [5.41, 5.74) is 13.1. The van der Waals surface area contributed by atoms with Crippen LogP contribution in [-0.2, 0) is 4.74 Å². The van der Waals surface area contributed by atoms with Crippen LogP contribution in [0.1, 0.15) is 59.7 Å². The lowest BCUT2D eigenvalue weighted by molar-refractivity contribution is 0.0319. The molecule has 1 saturated carbocycles.